The second-order valence-corrected chi connectivity index (χ2v) is 4.65. The molecule has 4 heteroatoms. The molecule has 0 bridgehead atoms. The van der Waals surface area contributed by atoms with Crippen LogP contribution in [0.15, 0.2) is 24.3 Å². The van der Waals surface area contributed by atoms with E-state index in [1.54, 1.807) is 0 Å². The number of carbonyl (C=O) groups is 2. The van der Waals surface area contributed by atoms with Crippen LogP contribution < -0.4 is 0 Å². The molecule has 1 aromatic carbocycles. The molecule has 3 nitrogen and oxygen atoms in total. The van der Waals surface area contributed by atoms with Gasteiger partial charge >= 0.3 is 5.97 Å². The number of ether oxygens (including phenoxy) is 1. The Hall–Kier alpha value is -1.97. The zero-order valence-electron chi connectivity index (χ0n) is 10.5. The van der Waals surface area contributed by atoms with Gasteiger partial charge in [0.2, 0.25) is 0 Å². The van der Waals surface area contributed by atoms with E-state index >= 15 is 0 Å². The minimum absolute atomic E-state index is 0.211. The average molecular weight is 262 g/mol. The summed E-state index contributed by atoms with van der Waals surface area (Å²) >= 11 is 0. The standard InChI is InChI=1S/C15H15FO3/c16-14-6-4-12(13(8-14)9-17)5-7-15(18)19-10-11-2-1-3-11/h4-9,11H,1-3,10H2/b7-5+. The molecule has 0 unspecified atom stereocenters. The van der Waals surface area contributed by atoms with Gasteiger partial charge in [-0.1, -0.05) is 12.5 Å². The van der Waals surface area contributed by atoms with E-state index in [9.17, 15) is 14.0 Å². The van der Waals surface area contributed by atoms with Gasteiger partial charge in [-0.25, -0.2) is 9.18 Å². The Balaban J connectivity index is 1.93. The molecular formula is C15H15FO3. The van der Waals surface area contributed by atoms with Gasteiger partial charge < -0.3 is 4.74 Å². The first-order valence-electron chi connectivity index (χ1n) is 6.28. The van der Waals surface area contributed by atoms with Crippen molar-refractivity contribution in [3.63, 3.8) is 0 Å². The molecule has 0 amide bonds. The van der Waals surface area contributed by atoms with Crippen LogP contribution >= 0.6 is 0 Å². The minimum atomic E-state index is -0.480. The zero-order valence-corrected chi connectivity index (χ0v) is 10.5. The maximum Gasteiger partial charge on any atom is 0.330 e. The summed E-state index contributed by atoms with van der Waals surface area (Å²) in [5, 5.41) is 0. The van der Waals surface area contributed by atoms with Crippen LogP contribution in [0, 0.1) is 11.7 Å². The molecule has 0 radical (unpaired) electrons. The first-order chi connectivity index (χ1) is 9.19. The van der Waals surface area contributed by atoms with Crippen LogP contribution in [0.2, 0.25) is 0 Å². The highest BCUT2D eigenvalue weighted by Crippen LogP contribution is 2.26. The molecule has 1 aliphatic carbocycles. The fourth-order valence-electron chi connectivity index (χ4n) is 1.86. The predicted molar refractivity (Wildman–Crippen MR) is 69.1 cm³/mol. The molecule has 1 aliphatic rings. The van der Waals surface area contributed by atoms with E-state index in [4.69, 9.17) is 4.74 Å². The van der Waals surface area contributed by atoms with Crippen LogP contribution in [0.3, 0.4) is 0 Å². The van der Waals surface area contributed by atoms with Crippen molar-refractivity contribution >= 4 is 18.3 Å². The van der Waals surface area contributed by atoms with E-state index in [0.717, 1.165) is 18.9 Å². The topological polar surface area (TPSA) is 43.4 Å². The molecule has 0 N–H and O–H groups in total. The lowest BCUT2D eigenvalue weighted by molar-refractivity contribution is -0.139. The lowest BCUT2D eigenvalue weighted by Crippen LogP contribution is -2.19. The van der Waals surface area contributed by atoms with Crippen molar-refractivity contribution in [2.75, 3.05) is 6.61 Å². The average Bonchev–Trinajstić information content (AvgIpc) is 2.35. The quantitative estimate of drug-likeness (QED) is 0.465. The normalized spacial score (nSPS) is 15.2. The van der Waals surface area contributed by atoms with Crippen LogP contribution in [0.25, 0.3) is 6.08 Å². The third kappa shape index (κ3) is 3.74. The lowest BCUT2D eigenvalue weighted by atomic mass is 9.86. The van der Waals surface area contributed by atoms with Crippen molar-refractivity contribution in [3.8, 4) is 0 Å². The molecule has 100 valence electrons. The van der Waals surface area contributed by atoms with Crippen molar-refractivity contribution in [1.29, 1.82) is 0 Å². The highest BCUT2D eigenvalue weighted by molar-refractivity contribution is 5.90. The molecule has 0 atom stereocenters. The van der Waals surface area contributed by atoms with Gasteiger partial charge in [0.05, 0.1) is 6.61 Å². The van der Waals surface area contributed by atoms with Gasteiger partial charge in [-0.15, -0.1) is 0 Å². The number of benzene rings is 1. The molecule has 0 spiro atoms. The Morgan fingerprint density at radius 3 is 2.79 bits per heavy atom. The largest absolute Gasteiger partial charge is 0.462 e. The summed E-state index contributed by atoms with van der Waals surface area (Å²) < 4.78 is 18.0. The third-order valence-corrected chi connectivity index (χ3v) is 3.26. The molecule has 1 saturated carbocycles. The predicted octanol–water partition coefficient (Wildman–Crippen LogP) is 2.99. The van der Waals surface area contributed by atoms with E-state index in [1.807, 2.05) is 0 Å². The SMILES string of the molecule is O=Cc1cc(F)ccc1/C=C/C(=O)OCC1CCC1. The van der Waals surface area contributed by atoms with Crippen molar-refractivity contribution < 1.29 is 18.7 Å². The van der Waals surface area contributed by atoms with Crippen molar-refractivity contribution in [3.05, 3.63) is 41.2 Å². The van der Waals surface area contributed by atoms with Gasteiger partial charge in [0.25, 0.3) is 0 Å². The van der Waals surface area contributed by atoms with Crippen LogP contribution in [0.4, 0.5) is 4.39 Å². The first kappa shape index (κ1) is 13.5. The molecule has 1 aromatic rings. The van der Waals surface area contributed by atoms with E-state index in [-0.39, 0.29) is 5.56 Å². The monoisotopic (exact) mass is 262 g/mol. The molecule has 0 aliphatic heterocycles. The van der Waals surface area contributed by atoms with E-state index < -0.39 is 11.8 Å². The highest BCUT2D eigenvalue weighted by atomic mass is 19.1. The first-order valence-corrected chi connectivity index (χ1v) is 6.28. The van der Waals surface area contributed by atoms with E-state index in [1.165, 1.54) is 30.7 Å². The summed E-state index contributed by atoms with van der Waals surface area (Å²) in [6, 6.07) is 3.83. The Bertz CT molecular complexity index is 504. The number of rotatable bonds is 5. The Morgan fingerprint density at radius 2 is 2.16 bits per heavy atom. The Morgan fingerprint density at radius 1 is 1.37 bits per heavy atom. The Kier molecular flexibility index (Phi) is 4.44. The summed E-state index contributed by atoms with van der Waals surface area (Å²) in [5.41, 5.74) is 0.708. The fourth-order valence-corrected chi connectivity index (χ4v) is 1.86. The molecule has 1 fully saturated rings. The number of hydrogen-bond donors (Lipinski definition) is 0. The van der Waals surface area contributed by atoms with Crippen molar-refractivity contribution in [2.45, 2.75) is 19.3 Å². The molecule has 2 rings (SSSR count). The van der Waals surface area contributed by atoms with Gasteiger partial charge in [-0.2, -0.15) is 0 Å². The van der Waals surface area contributed by atoms with Crippen LogP contribution in [0.5, 0.6) is 0 Å². The second-order valence-electron chi connectivity index (χ2n) is 4.65. The molecule has 0 aromatic heterocycles. The maximum atomic E-state index is 12.9. The van der Waals surface area contributed by atoms with E-state index in [2.05, 4.69) is 0 Å². The van der Waals surface area contributed by atoms with Gasteiger partial charge in [0.1, 0.15) is 5.82 Å². The summed E-state index contributed by atoms with van der Waals surface area (Å²) in [4.78, 5) is 22.2. The molecular weight excluding hydrogens is 247 g/mol. The summed E-state index contributed by atoms with van der Waals surface area (Å²) in [7, 11) is 0. The Labute approximate surface area is 111 Å². The van der Waals surface area contributed by atoms with Crippen LogP contribution in [-0.4, -0.2) is 18.9 Å². The highest BCUT2D eigenvalue weighted by Gasteiger charge is 2.18. The van der Waals surface area contributed by atoms with Gasteiger partial charge in [-0.05, 0) is 42.5 Å². The number of aldehydes is 1. The maximum absolute atomic E-state index is 12.9. The summed E-state index contributed by atoms with van der Waals surface area (Å²) in [5.74, 6) is -0.423. The third-order valence-electron chi connectivity index (χ3n) is 3.26. The molecule has 19 heavy (non-hydrogen) atoms. The van der Waals surface area contributed by atoms with Gasteiger partial charge in [-0.3, -0.25) is 4.79 Å². The second kappa shape index (κ2) is 6.27. The lowest BCUT2D eigenvalue weighted by Gasteiger charge is -2.24. The van der Waals surface area contributed by atoms with Gasteiger partial charge in [0, 0.05) is 11.6 Å². The zero-order chi connectivity index (χ0) is 13.7. The molecule has 0 heterocycles. The van der Waals surface area contributed by atoms with Crippen molar-refractivity contribution in [1.82, 2.24) is 0 Å². The number of hydrogen-bond acceptors (Lipinski definition) is 3. The number of carbonyl (C=O) groups excluding carboxylic acids is 2. The van der Waals surface area contributed by atoms with Crippen LogP contribution in [-0.2, 0) is 9.53 Å². The van der Waals surface area contributed by atoms with Gasteiger partial charge in [0.15, 0.2) is 6.29 Å². The number of esters is 1. The summed E-state index contributed by atoms with van der Waals surface area (Å²) in [6.07, 6.45) is 6.72. The molecule has 0 saturated heterocycles. The summed E-state index contributed by atoms with van der Waals surface area (Å²) in [6.45, 7) is 0.452. The van der Waals surface area contributed by atoms with Crippen molar-refractivity contribution in [2.24, 2.45) is 5.92 Å². The van der Waals surface area contributed by atoms with E-state index in [0.29, 0.717) is 24.4 Å². The minimum Gasteiger partial charge on any atom is -0.462 e. The van der Waals surface area contributed by atoms with Crippen LogP contribution in [0.1, 0.15) is 35.2 Å². The fraction of sp³-hybridized carbons (Fsp3) is 0.333. The number of halogens is 1. The smallest absolute Gasteiger partial charge is 0.330 e.